The van der Waals surface area contributed by atoms with Crippen molar-refractivity contribution in [3.05, 3.63) is 30.5 Å². The average molecular weight is 274 g/mol. The third-order valence-electron chi connectivity index (χ3n) is 2.58. The molecule has 1 aromatic heterocycles. The lowest BCUT2D eigenvalue weighted by molar-refractivity contribution is 0.0636. The molecule has 20 heavy (non-hydrogen) atoms. The monoisotopic (exact) mass is 274 g/mol. The molecule has 1 heterocycles. The van der Waals surface area contributed by atoms with E-state index in [2.05, 4.69) is 10.3 Å². The van der Waals surface area contributed by atoms with Crippen LogP contribution in [0.25, 0.3) is 10.9 Å². The zero-order chi connectivity index (χ0) is 14.8. The Labute approximate surface area is 117 Å². The van der Waals surface area contributed by atoms with Gasteiger partial charge in [-0.25, -0.2) is 4.79 Å². The quantitative estimate of drug-likeness (QED) is 0.909. The number of nitrogens with one attached hydrogen (secondary N) is 1. The first-order valence-electron chi connectivity index (χ1n) is 6.32. The highest BCUT2D eigenvalue weighted by molar-refractivity contribution is 5.99. The van der Waals surface area contributed by atoms with Crippen LogP contribution < -0.4 is 10.1 Å². The number of ether oxygens (including phenoxy) is 2. The molecule has 0 aliphatic rings. The number of hydrogen-bond donors (Lipinski definition) is 1. The Morgan fingerprint density at radius 3 is 2.65 bits per heavy atom. The number of aromatic nitrogens is 1. The van der Waals surface area contributed by atoms with Crippen LogP contribution in [0.4, 0.5) is 10.5 Å². The number of rotatable bonds is 2. The molecule has 2 rings (SSSR count). The smallest absolute Gasteiger partial charge is 0.412 e. The van der Waals surface area contributed by atoms with E-state index in [1.807, 2.05) is 39.0 Å². The molecule has 0 atom stereocenters. The molecule has 1 amide bonds. The van der Waals surface area contributed by atoms with Gasteiger partial charge in [0.25, 0.3) is 0 Å². The van der Waals surface area contributed by atoms with Crippen LogP contribution in [-0.4, -0.2) is 23.8 Å². The van der Waals surface area contributed by atoms with E-state index in [1.54, 1.807) is 19.4 Å². The van der Waals surface area contributed by atoms with Crippen LogP contribution in [0.5, 0.6) is 5.75 Å². The Kier molecular flexibility index (Phi) is 3.79. The van der Waals surface area contributed by atoms with Gasteiger partial charge in [-0.1, -0.05) is 0 Å². The predicted molar refractivity (Wildman–Crippen MR) is 78.2 cm³/mol. The number of methoxy groups -OCH3 is 1. The molecule has 0 spiro atoms. The molecule has 5 heteroatoms. The van der Waals surface area contributed by atoms with E-state index in [1.165, 1.54) is 0 Å². The number of nitrogens with zero attached hydrogens (tertiary/aromatic N) is 1. The first-order chi connectivity index (χ1) is 9.39. The number of carbonyl (C=O) groups excluding carboxylic acids is 1. The third-order valence-corrected chi connectivity index (χ3v) is 2.58. The zero-order valence-electron chi connectivity index (χ0n) is 12.1. The summed E-state index contributed by atoms with van der Waals surface area (Å²) in [6.07, 6.45) is 1.15. The molecule has 0 unspecified atom stereocenters. The summed E-state index contributed by atoms with van der Waals surface area (Å²) in [6.45, 7) is 5.46. The molecular formula is C15H18N2O3. The van der Waals surface area contributed by atoms with Gasteiger partial charge in [0.05, 0.1) is 18.3 Å². The summed E-state index contributed by atoms with van der Waals surface area (Å²) in [4.78, 5) is 16.1. The first-order valence-corrected chi connectivity index (χ1v) is 6.32. The van der Waals surface area contributed by atoms with Gasteiger partial charge in [-0.3, -0.25) is 10.3 Å². The lowest BCUT2D eigenvalue weighted by Crippen LogP contribution is -2.27. The van der Waals surface area contributed by atoms with E-state index in [9.17, 15) is 4.79 Å². The predicted octanol–water partition coefficient (Wildman–Crippen LogP) is 3.59. The van der Waals surface area contributed by atoms with Gasteiger partial charge in [0.1, 0.15) is 11.4 Å². The van der Waals surface area contributed by atoms with Crippen molar-refractivity contribution < 1.29 is 14.3 Å². The van der Waals surface area contributed by atoms with Crippen molar-refractivity contribution in [2.45, 2.75) is 26.4 Å². The van der Waals surface area contributed by atoms with Crippen molar-refractivity contribution in [1.29, 1.82) is 0 Å². The first kappa shape index (κ1) is 14.1. The standard InChI is InChI=1S/C15H18N2O3/c1-15(2,3)20-14(18)17-13-7-8-16-12-6-5-10(19-4)9-11(12)13/h5-9H,1-4H3,(H,16,17,18). The van der Waals surface area contributed by atoms with Gasteiger partial charge in [0.2, 0.25) is 0 Å². The highest BCUT2D eigenvalue weighted by atomic mass is 16.6. The molecule has 2 aromatic rings. The summed E-state index contributed by atoms with van der Waals surface area (Å²) in [7, 11) is 1.60. The Morgan fingerprint density at radius 1 is 1.25 bits per heavy atom. The second kappa shape index (κ2) is 5.36. The van der Waals surface area contributed by atoms with Gasteiger partial charge in [0.15, 0.2) is 0 Å². The number of amides is 1. The van der Waals surface area contributed by atoms with Crippen LogP contribution in [-0.2, 0) is 4.74 Å². The summed E-state index contributed by atoms with van der Waals surface area (Å²) in [6, 6.07) is 7.22. The third kappa shape index (κ3) is 3.38. The molecule has 0 fully saturated rings. The molecule has 5 nitrogen and oxygen atoms in total. The molecule has 0 bridgehead atoms. The van der Waals surface area contributed by atoms with Crippen LogP contribution in [0.2, 0.25) is 0 Å². The number of anilines is 1. The molecule has 106 valence electrons. The maximum absolute atomic E-state index is 11.8. The van der Waals surface area contributed by atoms with Crippen molar-refractivity contribution in [1.82, 2.24) is 4.98 Å². The minimum Gasteiger partial charge on any atom is -0.497 e. The zero-order valence-corrected chi connectivity index (χ0v) is 12.1. The number of hydrogen-bond acceptors (Lipinski definition) is 4. The van der Waals surface area contributed by atoms with E-state index in [0.29, 0.717) is 11.4 Å². The molecule has 0 radical (unpaired) electrons. The van der Waals surface area contributed by atoms with Crippen LogP contribution >= 0.6 is 0 Å². The van der Waals surface area contributed by atoms with Crippen molar-refractivity contribution in [2.75, 3.05) is 12.4 Å². The number of fused-ring (bicyclic) bond motifs is 1. The fraction of sp³-hybridized carbons (Fsp3) is 0.333. The summed E-state index contributed by atoms with van der Waals surface area (Å²) in [5, 5.41) is 3.54. The number of carbonyl (C=O) groups is 1. The summed E-state index contributed by atoms with van der Waals surface area (Å²) in [5.74, 6) is 0.706. The van der Waals surface area contributed by atoms with Crippen LogP contribution in [0, 0.1) is 0 Å². The minimum atomic E-state index is -0.537. The minimum absolute atomic E-state index is 0.493. The molecule has 0 saturated carbocycles. The maximum atomic E-state index is 11.8. The SMILES string of the molecule is COc1ccc2nccc(NC(=O)OC(C)(C)C)c2c1. The second-order valence-electron chi connectivity index (χ2n) is 5.37. The Balaban J connectivity index is 2.32. The molecule has 1 N–H and O–H groups in total. The molecular weight excluding hydrogens is 256 g/mol. The van der Waals surface area contributed by atoms with E-state index in [0.717, 1.165) is 10.9 Å². The van der Waals surface area contributed by atoms with Crippen molar-refractivity contribution in [2.24, 2.45) is 0 Å². The van der Waals surface area contributed by atoms with E-state index < -0.39 is 11.7 Å². The van der Waals surface area contributed by atoms with Gasteiger partial charge in [-0.15, -0.1) is 0 Å². The van der Waals surface area contributed by atoms with E-state index in [-0.39, 0.29) is 0 Å². The Hall–Kier alpha value is -2.30. The number of benzene rings is 1. The molecule has 1 aromatic carbocycles. The lowest BCUT2D eigenvalue weighted by Gasteiger charge is -2.20. The van der Waals surface area contributed by atoms with E-state index in [4.69, 9.17) is 9.47 Å². The summed E-state index contributed by atoms with van der Waals surface area (Å²) < 4.78 is 10.4. The van der Waals surface area contributed by atoms with Crippen LogP contribution in [0.15, 0.2) is 30.5 Å². The molecule has 0 aliphatic carbocycles. The topological polar surface area (TPSA) is 60.5 Å². The maximum Gasteiger partial charge on any atom is 0.412 e. The molecule has 0 saturated heterocycles. The fourth-order valence-electron chi connectivity index (χ4n) is 1.77. The van der Waals surface area contributed by atoms with Crippen molar-refractivity contribution in [3.8, 4) is 5.75 Å². The number of pyridine rings is 1. The molecule has 0 aliphatic heterocycles. The second-order valence-corrected chi connectivity index (χ2v) is 5.37. The fourth-order valence-corrected chi connectivity index (χ4v) is 1.77. The van der Waals surface area contributed by atoms with Gasteiger partial charge in [-0.2, -0.15) is 0 Å². The van der Waals surface area contributed by atoms with Gasteiger partial charge >= 0.3 is 6.09 Å². The highest BCUT2D eigenvalue weighted by Crippen LogP contribution is 2.26. The van der Waals surface area contributed by atoms with E-state index >= 15 is 0 Å². The van der Waals surface area contributed by atoms with Gasteiger partial charge in [0, 0.05) is 11.6 Å². The van der Waals surface area contributed by atoms with Crippen LogP contribution in [0.3, 0.4) is 0 Å². The summed E-state index contributed by atoms with van der Waals surface area (Å²) in [5.41, 5.74) is 0.882. The van der Waals surface area contributed by atoms with Crippen molar-refractivity contribution >= 4 is 22.7 Å². The van der Waals surface area contributed by atoms with Crippen molar-refractivity contribution in [3.63, 3.8) is 0 Å². The van der Waals surface area contributed by atoms with Gasteiger partial charge < -0.3 is 9.47 Å². The largest absolute Gasteiger partial charge is 0.497 e. The average Bonchev–Trinajstić information content (AvgIpc) is 2.36. The lowest BCUT2D eigenvalue weighted by atomic mass is 10.2. The van der Waals surface area contributed by atoms with Crippen LogP contribution in [0.1, 0.15) is 20.8 Å². The van der Waals surface area contributed by atoms with Gasteiger partial charge in [-0.05, 0) is 45.0 Å². The normalized spacial score (nSPS) is 11.2. The Bertz CT molecular complexity index is 633. The highest BCUT2D eigenvalue weighted by Gasteiger charge is 2.17. The summed E-state index contributed by atoms with van der Waals surface area (Å²) >= 11 is 0. The Morgan fingerprint density at radius 2 is 2.00 bits per heavy atom.